The quantitative estimate of drug-likeness (QED) is 0.431. The van der Waals surface area contributed by atoms with Crippen LogP contribution in [0.5, 0.6) is 11.6 Å². The molecule has 0 bridgehead atoms. The van der Waals surface area contributed by atoms with E-state index >= 15 is 0 Å². The Hall–Kier alpha value is -3.65. The van der Waals surface area contributed by atoms with Crippen LogP contribution in [0.15, 0.2) is 60.9 Å². The number of hydrogen-bond acceptors (Lipinski definition) is 7. The average Bonchev–Trinajstić information content (AvgIpc) is 3.34. The Labute approximate surface area is 208 Å². The number of benzene rings is 2. The molecule has 2 heterocycles. The Bertz CT molecular complexity index is 1190. The molecule has 1 saturated heterocycles. The van der Waals surface area contributed by atoms with Crippen molar-refractivity contribution >= 4 is 23.5 Å². The van der Waals surface area contributed by atoms with Crippen LogP contribution in [0.2, 0.25) is 5.02 Å². The van der Waals surface area contributed by atoms with Gasteiger partial charge < -0.3 is 19.1 Å². The van der Waals surface area contributed by atoms with E-state index in [1.165, 1.54) is 13.3 Å². The largest absolute Gasteiger partial charge is 0.496 e. The van der Waals surface area contributed by atoms with Gasteiger partial charge in [-0.3, -0.25) is 9.59 Å². The number of halogens is 1. The number of amides is 1. The third-order valence-electron chi connectivity index (χ3n) is 5.95. The summed E-state index contributed by atoms with van der Waals surface area (Å²) in [5.74, 6) is 0.154. The first kappa shape index (κ1) is 24.5. The number of ether oxygens (including phenoxy) is 3. The van der Waals surface area contributed by atoms with E-state index in [1.807, 2.05) is 12.1 Å². The maximum Gasteiger partial charge on any atom is 0.317 e. The number of methoxy groups -OCH3 is 1. The molecule has 8 nitrogen and oxygen atoms in total. The summed E-state index contributed by atoms with van der Waals surface area (Å²) in [6, 6.07) is 14.3. The Kier molecular flexibility index (Phi) is 7.51. The van der Waals surface area contributed by atoms with E-state index in [4.69, 9.17) is 25.8 Å². The summed E-state index contributed by atoms with van der Waals surface area (Å²) in [6.45, 7) is 2.55. The van der Waals surface area contributed by atoms with Crippen molar-refractivity contribution in [3.05, 3.63) is 71.5 Å². The summed E-state index contributed by atoms with van der Waals surface area (Å²) in [4.78, 5) is 36.5. The highest BCUT2D eigenvalue weighted by Crippen LogP contribution is 2.35. The number of likely N-dealkylation sites (tertiary alicyclic amines) is 1. The highest BCUT2D eigenvalue weighted by Gasteiger charge is 2.48. The summed E-state index contributed by atoms with van der Waals surface area (Å²) in [6.07, 6.45) is 3.51. The molecular weight excluding hydrogens is 470 g/mol. The molecule has 1 amide bonds. The van der Waals surface area contributed by atoms with Crippen molar-refractivity contribution in [1.82, 2.24) is 14.9 Å². The Morgan fingerprint density at radius 2 is 1.86 bits per heavy atom. The minimum absolute atomic E-state index is 0.0104. The molecule has 0 spiro atoms. The lowest BCUT2D eigenvalue weighted by atomic mass is 9.88. The smallest absolute Gasteiger partial charge is 0.317 e. The van der Waals surface area contributed by atoms with Gasteiger partial charge in [-0.2, -0.15) is 0 Å². The van der Waals surface area contributed by atoms with E-state index in [0.29, 0.717) is 35.0 Å². The van der Waals surface area contributed by atoms with Crippen LogP contribution < -0.4 is 9.47 Å². The molecule has 1 aliphatic rings. The number of esters is 1. The van der Waals surface area contributed by atoms with Crippen LogP contribution in [0.3, 0.4) is 0 Å². The van der Waals surface area contributed by atoms with Crippen LogP contribution in [0.1, 0.15) is 23.7 Å². The summed E-state index contributed by atoms with van der Waals surface area (Å²) >= 11 is 5.94. The lowest BCUT2D eigenvalue weighted by molar-refractivity contribution is -0.156. The van der Waals surface area contributed by atoms with E-state index in [-0.39, 0.29) is 31.5 Å². The number of para-hydroxylation sites is 1. The second kappa shape index (κ2) is 10.7. The monoisotopic (exact) mass is 495 g/mol. The summed E-state index contributed by atoms with van der Waals surface area (Å²) in [5.41, 5.74) is 0.977. The molecule has 1 unspecified atom stereocenters. The van der Waals surface area contributed by atoms with Crippen molar-refractivity contribution in [2.45, 2.75) is 13.3 Å². The highest BCUT2D eigenvalue weighted by molar-refractivity contribution is 6.30. The second-order valence-corrected chi connectivity index (χ2v) is 8.65. The number of carbonyl (C=O) groups is 2. The zero-order chi connectivity index (χ0) is 24.8. The maximum absolute atomic E-state index is 13.2. The van der Waals surface area contributed by atoms with Crippen molar-refractivity contribution in [1.29, 1.82) is 0 Å². The first-order valence-electron chi connectivity index (χ1n) is 11.3. The molecule has 1 aromatic heterocycles. The topological polar surface area (TPSA) is 90.9 Å². The number of hydrogen-bond donors (Lipinski definition) is 0. The van der Waals surface area contributed by atoms with Gasteiger partial charge in [0.05, 0.1) is 37.4 Å². The van der Waals surface area contributed by atoms with Gasteiger partial charge in [0.2, 0.25) is 5.88 Å². The van der Waals surface area contributed by atoms with Crippen LogP contribution in [0, 0.1) is 5.41 Å². The molecule has 3 aromatic rings. The third-order valence-corrected chi connectivity index (χ3v) is 6.20. The summed E-state index contributed by atoms with van der Waals surface area (Å²) in [5, 5.41) is 0.640. The second-order valence-electron chi connectivity index (χ2n) is 8.21. The predicted molar refractivity (Wildman–Crippen MR) is 131 cm³/mol. The van der Waals surface area contributed by atoms with Gasteiger partial charge in [-0.15, -0.1) is 0 Å². The lowest BCUT2D eigenvalue weighted by Crippen LogP contribution is -2.42. The van der Waals surface area contributed by atoms with E-state index < -0.39 is 11.4 Å². The van der Waals surface area contributed by atoms with Gasteiger partial charge >= 0.3 is 5.97 Å². The Balaban J connectivity index is 1.48. The molecular formula is C26H26ClN3O5. The number of aromatic nitrogens is 2. The summed E-state index contributed by atoms with van der Waals surface area (Å²) < 4.78 is 16.6. The molecule has 182 valence electrons. The van der Waals surface area contributed by atoms with Gasteiger partial charge in [-0.1, -0.05) is 35.9 Å². The van der Waals surface area contributed by atoms with Crippen LogP contribution in [0.4, 0.5) is 0 Å². The molecule has 4 rings (SSSR count). The molecule has 2 aromatic carbocycles. The van der Waals surface area contributed by atoms with Crippen molar-refractivity contribution in [2.75, 3.05) is 33.4 Å². The highest BCUT2D eigenvalue weighted by atomic mass is 35.5. The number of carbonyl (C=O) groups excluding carboxylic acids is 2. The van der Waals surface area contributed by atoms with Gasteiger partial charge in [0.1, 0.15) is 17.8 Å². The van der Waals surface area contributed by atoms with Gasteiger partial charge in [0, 0.05) is 23.7 Å². The van der Waals surface area contributed by atoms with Crippen molar-refractivity contribution in [3.8, 4) is 22.9 Å². The zero-order valence-electron chi connectivity index (χ0n) is 19.6. The molecule has 1 atom stereocenters. The lowest BCUT2D eigenvalue weighted by Gasteiger charge is -2.27. The van der Waals surface area contributed by atoms with Gasteiger partial charge in [0.15, 0.2) is 0 Å². The van der Waals surface area contributed by atoms with Crippen LogP contribution in [-0.4, -0.2) is 60.2 Å². The molecule has 1 aliphatic heterocycles. The minimum Gasteiger partial charge on any atom is -0.496 e. The van der Waals surface area contributed by atoms with Crippen LogP contribution >= 0.6 is 11.6 Å². The average molecular weight is 496 g/mol. The van der Waals surface area contributed by atoms with Crippen molar-refractivity contribution < 1.29 is 23.8 Å². The predicted octanol–water partition coefficient (Wildman–Crippen LogP) is 4.28. The maximum atomic E-state index is 13.2. The van der Waals surface area contributed by atoms with Gasteiger partial charge in [-0.25, -0.2) is 9.97 Å². The SMILES string of the molecule is CCOC(=O)C1(COc2cnc(-c3ccc(Cl)cc3)cn2)CCN(C(=O)c2ccccc2OC)C1. The standard InChI is InChI=1S/C26H26ClN3O5/c1-3-34-25(32)26(12-13-30(16-26)24(31)20-6-4-5-7-22(20)33-2)17-35-23-15-28-21(14-29-23)18-8-10-19(27)11-9-18/h4-11,14-15H,3,12-13,16-17H2,1-2H3. The van der Waals surface area contributed by atoms with Crippen LogP contribution in [-0.2, 0) is 9.53 Å². The minimum atomic E-state index is -1.01. The molecule has 1 fully saturated rings. The van der Waals surface area contributed by atoms with Gasteiger partial charge in [0.25, 0.3) is 5.91 Å². The number of rotatable bonds is 8. The Morgan fingerprint density at radius 1 is 1.09 bits per heavy atom. The molecule has 0 N–H and O–H groups in total. The number of nitrogens with zero attached hydrogens (tertiary/aromatic N) is 3. The van der Waals surface area contributed by atoms with E-state index in [1.54, 1.807) is 54.4 Å². The summed E-state index contributed by atoms with van der Waals surface area (Å²) in [7, 11) is 1.52. The third kappa shape index (κ3) is 5.38. The van der Waals surface area contributed by atoms with E-state index in [0.717, 1.165) is 5.56 Å². The molecule has 35 heavy (non-hydrogen) atoms. The fourth-order valence-electron chi connectivity index (χ4n) is 4.04. The van der Waals surface area contributed by atoms with E-state index in [2.05, 4.69) is 9.97 Å². The Morgan fingerprint density at radius 3 is 2.54 bits per heavy atom. The normalized spacial score (nSPS) is 17.2. The van der Waals surface area contributed by atoms with E-state index in [9.17, 15) is 9.59 Å². The fourth-order valence-corrected chi connectivity index (χ4v) is 4.16. The zero-order valence-corrected chi connectivity index (χ0v) is 20.3. The molecule has 0 aliphatic carbocycles. The molecule has 9 heteroatoms. The molecule has 0 saturated carbocycles. The first-order chi connectivity index (χ1) is 17.0. The van der Waals surface area contributed by atoms with Crippen LogP contribution in [0.25, 0.3) is 11.3 Å². The van der Waals surface area contributed by atoms with Crippen molar-refractivity contribution in [3.63, 3.8) is 0 Å². The van der Waals surface area contributed by atoms with Crippen molar-refractivity contribution in [2.24, 2.45) is 5.41 Å². The first-order valence-corrected chi connectivity index (χ1v) is 11.6. The fraction of sp³-hybridized carbons (Fsp3) is 0.308. The molecule has 0 radical (unpaired) electrons. The van der Waals surface area contributed by atoms with Gasteiger partial charge in [-0.05, 0) is 37.6 Å².